The minimum absolute atomic E-state index is 0.283. The van der Waals surface area contributed by atoms with Gasteiger partial charge in [0.25, 0.3) is 0 Å². The number of benzene rings is 1. The highest BCUT2D eigenvalue weighted by atomic mass is 16.7. The van der Waals surface area contributed by atoms with Crippen LogP contribution in [-0.4, -0.2) is 32.6 Å². The molecule has 98 valence electrons. The van der Waals surface area contributed by atoms with E-state index in [1.165, 1.54) is 7.11 Å². The first-order chi connectivity index (χ1) is 8.72. The first-order valence-electron chi connectivity index (χ1n) is 5.91. The highest BCUT2D eigenvalue weighted by Crippen LogP contribution is 2.22. The Morgan fingerprint density at radius 2 is 2.17 bits per heavy atom. The fraction of sp³-hybridized carbons (Fsp3) is 0.462. The third kappa shape index (κ3) is 2.80. The molecule has 1 aromatic carbocycles. The van der Waals surface area contributed by atoms with Gasteiger partial charge in [0.2, 0.25) is 0 Å². The van der Waals surface area contributed by atoms with E-state index in [2.05, 4.69) is 4.74 Å². The lowest BCUT2D eigenvalue weighted by Crippen LogP contribution is -2.27. The minimum atomic E-state index is -0.431. The molecule has 2 N–H and O–H groups in total. The van der Waals surface area contributed by atoms with Gasteiger partial charge < -0.3 is 19.9 Å². The van der Waals surface area contributed by atoms with Crippen LogP contribution < -0.4 is 5.73 Å². The molecule has 0 spiro atoms. The van der Waals surface area contributed by atoms with Gasteiger partial charge in [-0.15, -0.1) is 0 Å². The second-order valence-electron chi connectivity index (χ2n) is 4.10. The van der Waals surface area contributed by atoms with Crippen molar-refractivity contribution in [2.24, 2.45) is 0 Å². The van der Waals surface area contributed by atoms with Crippen molar-refractivity contribution in [1.82, 2.24) is 0 Å². The summed E-state index contributed by atoms with van der Waals surface area (Å²) in [6, 6.07) is 5.29. The fourth-order valence-electron chi connectivity index (χ4n) is 1.91. The van der Waals surface area contributed by atoms with Gasteiger partial charge in [-0.05, 0) is 18.1 Å². The van der Waals surface area contributed by atoms with Crippen molar-refractivity contribution in [3.8, 4) is 0 Å². The van der Waals surface area contributed by atoms with Crippen LogP contribution >= 0.6 is 0 Å². The number of rotatable bonds is 3. The lowest BCUT2D eigenvalue weighted by molar-refractivity contribution is -0.176. The summed E-state index contributed by atoms with van der Waals surface area (Å²) in [7, 11) is 1.34. The van der Waals surface area contributed by atoms with Crippen LogP contribution in [0.4, 0.5) is 5.69 Å². The van der Waals surface area contributed by atoms with E-state index in [1.54, 1.807) is 12.1 Å². The van der Waals surface area contributed by atoms with E-state index in [4.69, 9.17) is 15.2 Å². The van der Waals surface area contributed by atoms with E-state index in [0.717, 1.165) is 12.0 Å². The SMILES string of the molecule is COC(=O)c1cccc(CC2OCCCO2)c1N. The molecular formula is C13H17NO4. The summed E-state index contributed by atoms with van der Waals surface area (Å²) in [5.74, 6) is -0.431. The molecule has 1 fully saturated rings. The number of hydrogen-bond acceptors (Lipinski definition) is 5. The Morgan fingerprint density at radius 3 is 2.83 bits per heavy atom. The van der Waals surface area contributed by atoms with Crippen LogP contribution in [0.5, 0.6) is 0 Å². The van der Waals surface area contributed by atoms with Gasteiger partial charge in [0, 0.05) is 12.1 Å². The molecule has 5 nitrogen and oxygen atoms in total. The van der Waals surface area contributed by atoms with E-state index in [-0.39, 0.29) is 6.29 Å². The van der Waals surface area contributed by atoms with Crippen LogP contribution in [0.25, 0.3) is 0 Å². The van der Waals surface area contributed by atoms with Crippen LogP contribution in [0.3, 0.4) is 0 Å². The molecule has 0 unspecified atom stereocenters. The topological polar surface area (TPSA) is 70.8 Å². The quantitative estimate of drug-likeness (QED) is 0.648. The summed E-state index contributed by atoms with van der Waals surface area (Å²) in [6.07, 6.45) is 1.17. The van der Waals surface area contributed by atoms with E-state index in [9.17, 15) is 4.79 Å². The molecule has 0 saturated carbocycles. The summed E-state index contributed by atoms with van der Waals surface area (Å²) in [5, 5.41) is 0. The predicted molar refractivity (Wildman–Crippen MR) is 66.2 cm³/mol. The molecule has 0 aromatic heterocycles. The molecule has 0 amide bonds. The average Bonchev–Trinajstić information content (AvgIpc) is 2.41. The number of hydrogen-bond donors (Lipinski definition) is 1. The molecule has 1 aromatic rings. The van der Waals surface area contributed by atoms with Crippen LogP contribution in [0.15, 0.2) is 18.2 Å². The molecule has 1 saturated heterocycles. The molecule has 0 radical (unpaired) electrons. The van der Waals surface area contributed by atoms with Gasteiger partial charge in [-0.3, -0.25) is 0 Å². The Bertz CT molecular complexity index is 427. The first kappa shape index (κ1) is 12.9. The second kappa shape index (κ2) is 5.84. The Hall–Kier alpha value is -1.59. The van der Waals surface area contributed by atoms with E-state index >= 15 is 0 Å². The number of anilines is 1. The molecule has 5 heteroatoms. The van der Waals surface area contributed by atoms with Gasteiger partial charge in [-0.25, -0.2) is 4.79 Å². The van der Waals surface area contributed by atoms with Crippen LogP contribution in [0, 0.1) is 0 Å². The summed E-state index contributed by atoms with van der Waals surface area (Å²) in [6.45, 7) is 1.39. The van der Waals surface area contributed by atoms with Gasteiger partial charge in [0.1, 0.15) is 0 Å². The Morgan fingerprint density at radius 1 is 1.44 bits per heavy atom. The number of carbonyl (C=O) groups excluding carboxylic acids is 1. The van der Waals surface area contributed by atoms with Gasteiger partial charge in [0.05, 0.1) is 25.9 Å². The highest BCUT2D eigenvalue weighted by Gasteiger charge is 2.18. The lowest BCUT2D eigenvalue weighted by atomic mass is 10.0. The fourth-order valence-corrected chi connectivity index (χ4v) is 1.91. The van der Waals surface area contributed by atoms with Gasteiger partial charge in [-0.2, -0.15) is 0 Å². The predicted octanol–water partition coefficient (Wildman–Crippen LogP) is 1.36. The Labute approximate surface area is 106 Å². The van der Waals surface area contributed by atoms with Crippen molar-refractivity contribution in [3.63, 3.8) is 0 Å². The van der Waals surface area contributed by atoms with Crippen molar-refractivity contribution in [2.75, 3.05) is 26.1 Å². The number of ether oxygens (including phenoxy) is 3. The zero-order chi connectivity index (χ0) is 13.0. The number of carbonyl (C=O) groups is 1. The lowest BCUT2D eigenvalue weighted by Gasteiger charge is -2.23. The minimum Gasteiger partial charge on any atom is -0.465 e. The standard InChI is InChI=1S/C13H17NO4/c1-16-13(15)10-5-2-4-9(12(10)14)8-11-17-6-3-7-18-11/h2,4-5,11H,3,6-8,14H2,1H3. The van der Waals surface area contributed by atoms with Crippen molar-refractivity contribution < 1.29 is 19.0 Å². The van der Waals surface area contributed by atoms with Gasteiger partial charge in [-0.1, -0.05) is 12.1 Å². The monoisotopic (exact) mass is 251 g/mol. The van der Waals surface area contributed by atoms with Crippen LogP contribution in [0.1, 0.15) is 22.3 Å². The number of nitrogens with two attached hydrogens (primary N) is 1. The largest absolute Gasteiger partial charge is 0.465 e. The molecule has 0 aliphatic carbocycles. The summed E-state index contributed by atoms with van der Waals surface area (Å²) >= 11 is 0. The van der Waals surface area contributed by atoms with Crippen molar-refractivity contribution in [1.29, 1.82) is 0 Å². The van der Waals surface area contributed by atoms with Gasteiger partial charge >= 0.3 is 5.97 Å². The molecule has 0 bridgehead atoms. The van der Waals surface area contributed by atoms with Crippen LogP contribution in [-0.2, 0) is 20.6 Å². The normalized spacial score (nSPS) is 16.5. The molecule has 1 aliphatic rings. The average molecular weight is 251 g/mol. The smallest absolute Gasteiger partial charge is 0.339 e. The Balaban J connectivity index is 2.15. The first-order valence-corrected chi connectivity index (χ1v) is 5.91. The molecule has 2 rings (SSSR count). The second-order valence-corrected chi connectivity index (χ2v) is 4.10. The molecular weight excluding hydrogens is 234 g/mol. The third-order valence-electron chi connectivity index (χ3n) is 2.88. The zero-order valence-corrected chi connectivity index (χ0v) is 10.3. The Kier molecular flexibility index (Phi) is 4.17. The maximum absolute atomic E-state index is 11.5. The third-order valence-corrected chi connectivity index (χ3v) is 2.88. The molecule has 0 atom stereocenters. The number of para-hydroxylation sites is 1. The number of methoxy groups -OCH3 is 1. The molecule has 1 heterocycles. The van der Waals surface area contributed by atoms with Crippen molar-refractivity contribution >= 4 is 11.7 Å². The van der Waals surface area contributed by atoms with Crippen LogP contribution in [0.2, 0.25) is 0 Å². The molecule has 1 aliphatic heterocycles. The number of esters is 1. The molecule has 18 heavy (non-hydrogen) atoms. The summed E-state index contributed by atoms with van der Waals surface area (Å²) in [5.41, 5.74) is 7.62. The van der Waals surface area contributed by atoms with E-state index < -0.39 is 5.97 Å². The van der Waals surface area contributed by atoms with E-state index in [0.29, 0.717) is 30.9 Å². The summed E-state index contributed by atoms with van der Waals surface area (Å²) in [4.78, 5) is 11.5. The van der Waals surface area contributed by atoms with Gasteiger partial charge in [0.15, 0.2) is 6.29 Å². The highest BCUT2D eigenvalue weighted by molar-refractivity contribution is 5.95. The number of nitrogen functional groups attached to an aromatic ring is 1. The summed E-state index contributed by atoms with van der Waals surface area (Å²) < 4.78 is 15.6. The zero-order valence-electron chi connectivity index (χ0n) is 10.3. The maximum atomic E-state index is 11.5. The van der Waals surface area contributed by atoms with Crippen molar-refractivity contribution in [3.05, 3.63) is 29.3 Å². The maximum Gasteiger partial charge on any atom is 0.339 e. The van der Waals surface area contributed by atoms with Crippen molar-refractivity contribution in [2.45, 2.75) is 19.1 Å². The van der Waals surface area contributed by atoms with E-state index in [1.807, 2.05) is 6.07 Å².